The largest absolute Gasteiger partial charge is 0.407 e. The Balaban J connectivity index is 0.00000161. The van der Waals surface area contributed by atoms with Crippen molar-refractivity contribution in [1.29, 1.82) is 0 Å². The van der Waals surface area contributed by atoms with Gasteiger partial charge in [-0.3, -0.25) is 0 Å². The average Bonchev–Trinajstić information content (AvgIpc) is 3.16. The van der Waals surface area contributed by atoms with Crippen LogP contribution in [0.4, 0.5) is 6.01 Å². The Morgan fingerprint density at radius 1 is 1.14 bits per heavy atom. The summed E-state index contributed by atoms with van der Waals surface area (Å²) in [5.74, 6) is 0.465. The molecule has 1 aliphatic rings. The number of nitrogens with one attached hydrogen (secondary N) is 1. The standard InChI is InChI=1S/C15H20N4O.ClH/c16-10-13-18-19-14(20-13)17-11-15(8-4-5-9-15)12-6-2-1-3-7-12;/h1-3,6-7H,4-5,8-11,16H2,(H,17,19);1H. The summed E-state index contributed by atoms with van der Waals surface area (Å²) in [4.78, 5) is 0. The lowest BCUT2D eigenvalue weighted by atomic mass is 9.79. The highest BCUT2D eigenvalue weighted by molar-refractivity contribution is 5.85. The fourth-order valence-electron chi connectivity index (χ4n) is 3.06. The van der Waals surface area contributed by atoms with Gasteiger partial charge < -0.3 is 15.5 Å². The van der Waals surface area contributed by atoms with E-state index >= 15 is 0 Å². The predicted octanol–water partition coefficient (Wildman–Crippen LogP) is 2.87. The normalized spacial score (nSPS) is 16.4. The summed E-state index contributed by atoms with van der Waals surface area (Å²) in [6, 6.07) is 11.2. The molecule has 1 heterocycles. The fourth-order valence-corrected chi connectivity index (χ4v) is 3.06. The molecule has 0 radical (unpaired) electrons. The Labute approximate surface area is 130 Å². The van der Waals surface area contributed by atoms with Crippen LogP contribution >= 0.6 is 12.4 Å². The summed E-state index contributed by atoms with van der Waals surface area (Å²) in [5, 5.41) is 11.1. The van der Waals surface area contributed by atoms with Crippen LogP contribution in [0.5, 0.6) is 0 Å². The molecular weight excluding hydrogens is 288 g/mol. The average molecular weight is 309 g/mol. The minimum Gasteiger partial charge on any atom is -0.407 e. The monoisotopic (exact) mass is 308 g/mol. The molecule has 2 aromatic rings. The van der Waals surface area contributed by atoms with Crippen molar-refractivity contribution in [2.24, 2.45) is 5.73 Å². The van der Waals surface area contributed by atoms with E-state index in [1.807, 2.05) is 0 Å². The summed E-state index contributed by atoms with van der Waals surface area (Å²) >= 11 is 0. The number of aromatic nitrogens is 2. The van der Waals surface area contributed by atoms with Gasteiger partial charge in [0.25, 0.3) is 0 Å². The molecule has 5 nitrogen and oxygen atoms in total. The van der Waals surface area contributed by atoms with Crippen molar-refractivity contribution in [3.8, 4) is 0 Å². The zero-order valence-electron chi connectivity index (χ0n) is 11.9. The van der Waals surface area contributed by atoms with E-state index in [0.717, 1.165) is 6.54 Å². The number of anilines is 1. The van der Waals surface area contributed by atoms with Gasteiger partial charge in [0, 0.05) is 12.0 Å². The van der Waals surface area contributed by atoms with Crippen LogP contribution in [0, 0.1) is 0 Å². The molecule has 0 amide bonds. The number of rotatable bonds is 5. The summed E-state index contributed by atoms with van der Waals surface area (Å²) in [6.07, 6.45) is 4.94. The Morgan fingerprint density at radius 3 is 2.48 bits per heavy atom. The number of benzene rings is 1. The lowest BCUT2D eigenvalue weighted by molar-refractivity contribution is 0.450. The molecule has 0 spiro atoms. The molecule has 0 aliphatic heterocycles. The van der Waals surface area contributed by atoms with Gasteiger partial charge >= 0.3 is 6.01 Å². The van der Waals surface area contributed by atoms with E-state index in [1.165, 1.54) is 31.2 Å². The lowest BCUT2D eigenvalue weighted by Crippen LogP contribution is -2.31. The maximum atomic E-state index is 5.47. The first kappa shape index (κ1) is 15.8. The molecule has 0 unspecified atom stereocenters. The number of hydrogen-bond acceptors (Lipinski definition) is 5. The van der Waals surface area contributed by atoms with Gasteiger partial charge in [0.1, 0.15) is 0 Å². The number of hydrogen-bond donors (Lipinski definition) is 2. The van der Waals surface area contributed by atoms with Crippen LogP contribution in [-0.2, 0) is 12.0 Å². The SMILES string of the molecule is Cl.NCc1nnc(NCC2(c3ccccc3)CCCC2)o1. The molecule has 114 valence electrons. The first-order valence-corrected chi connectivity index (χ1v) is 7.14. The topological polar surface area (TPSA) is 77.0 Å². The summed E-state index contributed by atoms with van der Waals surface area (Å²) in [5.41, 5.74) is 7.05. The molecule has 1 aliphatic carbocycles. The Kier molecular flexibility index (Phi) is 5.20. The van der Waals surface area contributed by atoms with E-state index in [1.54, 1.807) is 0 Å². The van der Waals surface area contributed by atoms with Gasteiger partial charge in [-0.1, -0.05) is 48.3 Å². The summed E-state index contributed by atoms with van der Waals surface area (Å²) in [6.45, 7) is 1.10. The maximum Gasteiger partial charge on any atom is 0.315 e. The van der Waals surface area contributed by atoms with Crippen molar-refractivity contribution in [1.82, 2.24) is 10.2 Å². The second kappa shape index (κ2) is 6.91. The van der Waals surface area contributed by atoms with E-state index in [2.05, 4.69) is 45.8 Å². The highest BCUT2D eigenvalue weighted by Crippen LogP contribution is 2.41. The van der Waals surface area contributed by atoms with Gasteiger partial charge in [-0.2, -0.15) is 0 Å². The quantitative estimate of drug-likeness (QED) is 0.888. The smallest absolute Gasteiger partial charge is 0.315 e. The molecule has 3 N–H and O–H groups in total. The van der Waals surface area contributed by atoms with E-state index in [-0.39, 0.29) is 24.4 Å². The molecular formula is C15H21ClN4O. The van der Waals surface area contributed by atoms with Gasteiger partial charge in [-0.25, -0.2) is 0 Å². The van der Waals surface area contributed by atoms with Crippen LogP contribution in [-0.4, -0.2) is 16.7 Å². The van der Waals surface area contributed by atoms with Gasteiger partial charge in [0.15, 0.2) is 0 Å². The number of nitrogens with zero attached hydrogens (tertiary/aromatic N) is 2. The third kappa shape index (κ3) is 3.36. The van der Waals surface area contributed by atoms with Crippen molar-refractivity contribution in [3.05, 3.63) is 41.8 Å². The first-order valence-electron chi connectivity index (χ1n) is 7.14. The minimum atomic E-state index is 0. The van der Waals surface area contributed by atoms with Crippen molar-refractivity contribution in [2.45, 2.75) is 37.6 Å². The first-order chi connectivity index (χ1) is 9.82. The minimum absolute atomic E-state index is 0. The zero-order valence-corrected chi connectivity index (χ0v) is 12.7. The molecule has 6 heteroatoms. The maximum absolute atomic E-state index is 5.47. The predicted molar refractivity (Wildman–Crippen MR) is 84.5 cm³/mol. The Morgan fingerprint density at radius 2 is 1.86 bits per heavy atom. The Hall–Kier alpha value is -1.59. The van der Waals surface area contributed by atoms with Crippen molar-refractivity contribution in [2.75, 3.05) is 11.9 Å². The summed E-state index contributed by atoms with van der Waals surface area (Å²) in [7, 11) is 0. The molecule has 3 rings (SSSR count). The molecule has 1 saturated carbocycles. The molecule has 21 heavy (non-hydrogen) atoms. The third-order valence-electron chi connectivity index (χ3n) is 4.17. The van der Waals surface area contributed by atoms with Crippen LogP contribution < -0.4 is 11.1 Å². The highest BCUT2D eigenvalue weighted by Gasteiger charge is 2.35. The van der Waals surface area contributed by atoms with Crippen LogP contribution in [0.2, 0.25) is 0 Å². The highest BCUT2D eigenvalue weighted by atomic mass is 35.5. The van der Waals surface area contributed by atoms with Crippen molar-refractivity contribution < 1.29 is 4.42 Å². The second-order valence-electron chi connectivity index (χ2n) is 5.41. The van der Waals surface area contributed by atoms with E-state index < -0.39 is 0 Å². The number of halogens is 1. The van der Waals surface area contributed by atoms with E-state index in [4.69, 9.17) is 10.2 Å². The van der Waals surface area contributed by atoms with Gasteiger partial charge in [-0.15, -0.1) is 17.5 Å². The molecule has 0 atom stereocenters. The molecule has 1 fully saturated rings. The second-order valence-corrected chi connectivity index (χ2v) is 5.41. The van der Waals surface area contributed by atoms with Crippen LogP contribution in [0.15, 0.2) is 34.7 Å². The van der Waals surface area contributed by atoms with Crippen LogP contribution in [0.3, 0.4) is 0 Å². The van der Waals surface area contributed by atoms with Crippen molar-refractivity contribution >= 4 is 18.4 Å². The lowest BCUT2D eigenvalue weighted by Gasteiger charge is -2.29. The zero-order chi connectivity index (χ0) is 13.8. The van der Waals surface area contributed by atoms with E-state index in [0.29, 0.717) is 11.9 Å². The summed E-state index contributed by atoms with van der Waals surface area (Å²) < 4.78 is 5.42. The van der Waals surface area contributed by atoms with E-state index in [9.17, 15) is 0 Å². The molecule has 1 aromatic heterocycles. The van der Waals surface area contributed by atoms with Gasteiger partial charge in [0.2, 0.25) is 5.89 Å². The fraction of sp³-hybridized carbons (Fsp3) is 0.467. The van der Waals surface area contributed by atoms with Gasteiger partial charge in [-0.05, 0) is 18.4 Å². The third-order valence-corrected chi connectivity index (χ3v) is 4.17. The molecule has 0 saturated heterocycles. The van der Waals surface area contributed by atoms with Crippen LogP contribution in [0.25, 0.3) is 0 Å². The number of nitrogens with two attached hydrogens (primary N) is 1. The molecule has 1 aromatic carbocycles. The van der Waals surface area contributed by atoms with Crippen LogP contribution in [0.1, 0.15) is 37.1 Å². The van der Waals surface area contributed by atoms with Gasteiger partial charge in [0.05, 0.1) is 6.54 Å². The molecule has 0 bridgehead atoms. The van der Waals surface area contributed by atoms with Crippen molar-refractivity contribution in [3.63, 3.8) is 0 Å². The Bertz CT molecular complexity index is 552.